The average Bonchev–Trinajstić information content (AvgIpc) is 2.95. The van der Waals surface area contributed by atoms with Crippen LogP contribution in [0.25, 0.3) is 0 Å². The Morgan fingerprint density at radius 2 is 2.25 bits per heavy atom. The molecule has 20 heavy (non-hydrogen) atoms. The van der Waals surface area contributed by atoms with E-state index in [0.717, 1.165) is 17.3 Å². The van der Waals surface area contributed by atoms with Gasteiger partial charge in [-0.1, -0.05) is 46.9 Å². The summed E-state index contributed by atoms with van der Waals surface area (Å²) in [5.41, 5.74) is 0.499. The Morgan fingerprint density at radius 3 is 2.90 bits per heavy atom. The van der Waals surface area contributed by atoms with Gasteiger partial charge in [-0.25, -0.2) is 0 Å². The number of carbonyl (C=O) groups excluding carboxylic acids is 1. The van der Waals surface area contributed by atoms with Crippen LogP contribution in [0.2, 0.25) is 5.02 Å². The van der Waals surface area contributed by atoms with Gasteiger partial charge in [0.2, 0.25) is 0 Å². The Balaban J connectivity index is 2.18. The number of carbonyl (C=O) groups is 1. The lowest BCUT2D eigenvalue weighted by atomic mass is 10.1. The molecule has 5 heteroatoms. The zero-order chi connectivity index (χ0) is 14.5. The molecule has 0 fully saturated rings. The minimum absolute atomic E-state index is 0.0440. The van der Waals surface area contributed by atoms with Gasteiger partial charge in [0, 0.05) is 9.35 Å². The smallest absolute Gasteiger partial charge is 0.253 e. The molecule has 1 aromatic carbocycles. The molecule has 106 valence electrons. The molecule has 0 bridgehead atoms. The van der Waals surface area contributed by atoms with E-state index in [9.17, 15) is 4.79 Å². The van der Waals surface area contributed by atoms with E-state index in [0.29, 0.717) is 10.6 Å². The second-order valence-corrected chi connectivity index (χ2v) is 6.76. The quantitative estimate of drug-likeness (QED) is 0.744. The van der Waals surface area contributed by atoms with E-state index in [-0.39, 0.29) is 11.9 Å². The van der Waals surface area contributed by atoms with Crippen LogP contribution in [-0.2, 0) is 0 Å². The van der Waals surface area contributed by atoms with Crippen LogP contribution in [-0.4, -0.2) is 5.91 Å². The van der Waals surface area contributed by atoms with Gasteiger partial charge in [0.15, 0.2) is 0 Å². The molecular formula is C15H15BrClNOS. The molecule has 1 unspecified atom stereocenters. The molecule has 2 nitrogen and oxygen atoms in total. The lowest BCUT2D eigenvalue weighted by Crippen LogP contribution is -2.28. The maximum absolute atomic E-state index is 12.4. The van der Waals surface area contributed by atoms with Gasteiger partial charge in [0.25, 0.3) is 5.91 Å². The van der Waals surface area contributed by atoms with Crippen molar-refractivity contribution < 1.29 is 4.79 Å². The summed E-state index contributed by atoms with van der Waals surface area (Å²) in [5.74, 6) is -0.136. The summed E-state index contributed by atoms with van der Waals surface area (Å²) >= 11 is 11.1. The number of rotatable bonds is 5. The lowest BCUT2D eigenvalue weighted by molar-refractivity contribution is 0.0935. The predicted octanol–water partition coefficient (Wildman–Crippen LogP) is 5.44. The zero-order valence-electron chi connectivity index (χ0n) is 11.0. The topological polar surface area (TPSA) is 29.1 Å². The first-order valence-electron chi connectivity index (χ1n) is 6.41. The van der Waals surface area contributed by atoms with Gasteiger partial charge in [-0.2, -0.15) is 0 Å². The summed E-state index contributed by atoms with van der Waals surface area (Å²) in [7, 11) is 0. The maximum atomic E-state index is 12.4. The van der Waals surface area contributed by atoms with E-state index in [1.165, 1.54) is 4.88 Å². The van der Waals surface area contributed by atoms with E-state index >= 15 is 0 Å². The molecule has 0 aliphatic rings. The number of nitrogens with one attached hydrogen (secondary N) is 1. The molecule has 0 aliphatic heterocycles. The molecular weight excluding hydrogens is 358 g/mol. The molecule has 0 aliphatic carbocycles. The predicted molar refractivity (Wildman–Crippen MR) is 88.6 cm³/mol. The molecule has 1 aromatic heterocycles. The highest BCUT2D eigenvalue weighted by molar-refractivity contribution is 9.10. The van der Waals surface area contributed by atoms with E-state index < -0.39 is 0 Å². The van der Waals surface area contributed by atoms with Gasteiger partial charge < -0.3 is 5.32 Å². The summed E-state index contributed by atoms with van der Waals surface area (Å²) < 4.78 is 0.843. The third-order valence-corrected chi connectivity index (χ3v) is 4.75. The van der Waals surface area contributed by atoms with Crippen LogP contribution in [0.3, 0.4) is 0 Å². The Hall–Kier alpha value is -0.840. The molecule has 0 radical (unpaired) electrons. The third-order valence-electron chi connectivity index (χ3n) is 2.94. The van der Waals surface area contributed by atoms with Crippen LogP contribution >= 0.6 is 38.9 Å². The van der Waals surface area contributed by atoms with Crippen molar-refractivity contribution in [3.63, 3.8) is 0 Å². The van der Waals surface area contributed by atoms with Crippen molar-refractivity contribution in [1.82, 2.24) is 5.32 Å². The van der Waals surface area contributed by atoms with Crippen LogP contribution in [0.5, 0.6) is 0 Å². The third kappa shape index (κ3) is 3.84. The minimum Gasteiger partial charge on any atom is -0.344 e. The van der Waals surface area contributed by atoms with Crippen LogP contribution < -0.4 is 5.32 Å². The Kier molecular flexibility index (Phi) is 5.64. The summed E-state index contributed by atoms with van der Waals surface area (Å²) in [6.07, 6.45) is 1.92. The van der Waals surface area contributed by atoms with Crippen molar-refractivity contribution in [3.8, 4) is 0 Å². The zero-order valence-corrected chi connectivity index (χ0v) is 14.2. The molecule has 2 rings (SSSR count). The van der Waals surface area contributed by atoms with Crippen molar-refractivity contribution in [1.29, 1.82) is 0 Å². The van der Waals surface area contributed by atoms with E-state index in [1.54, 1.807) is 23.5 Å². The van der Waals surface area contributed by atoms with Crippen LogP contribution in [0.1, 0.15) is 41.0 Å². The number of hydrogen-bond donors (Lipinski definition) is 1. The van der Waals surface area contributed by atoms with Gasteiger partial charge >= 0.3 is 0 Å². The highest BCUT2D eigenvalue weighted by Crippen LogP contribution is 2.26. The van der Waals surface area contributed by atoms with Gasteiger partial charge in [0.05, 0.1) is 16.6 Å². The second kappa shape index (κ2) is 7.25. The fourth-order valence-corrected chi connectivity index (χ4v) is 3.35. The largest absolute Gasteiger partial charge is 0.344 e. The number of benzene rings is 1. The summed E-state index contributed by atoms with van der Waals surface area (Å²) in [6.45, 7) is 2.11. The van der Waals surface area contributed by atoms with Gasteiger partial charge in [-0.3, -0.25) is 4.79 Å². The highest BCUT2D eigenvalue weighted by atomic mass is 79.9. The Morgan fingerprint density at radius 1 is 1.45 bits per heavy atom. The van der Waals surface area contributed by atoms with Crippen molar-refractivity contribution in [2.75, 3.05) is 0 Å². The van der Waals surface area contributed by atoms with Gasteiger partial charge in [-0.05, 0) is 36.1 Å². The monoisotopic (exact) mass is 371 g/mol. The first kappa shape index (κ1) is 15.5. The Bertz CT molecular complexity index is 586. The molecule has 1 amide bonds. The van der Waals surface area contributed by atoms with Crippen LogP contribution in [0.4, 0.5) is 0 Å². The van der Waals surface area contributed by atoms with Gasteiger partial charge in [-0.15, -0.1) is 11.3 Å². The van der Waals surface area contributed by atoms with Crippen molar-refractivity contribution in [3.05, 3.63) is 55.6 Å². The molecule has 0 saturated carbocycles. The van der Waals surface area contributed by atoms with Gasteiger partial charge in [0.1, 0.15) is 0 Å². The molecule has 1 N–H and O–H groups in total. The normalized spacial score (nSPS) is 12.2. The highest BCUT2D eigenvalue weighted by Gasteiger charge is 2.17. The number of thiophene rings is 1. The number of hydrogen-bond acceptors (Lipinski definition) is 2. The van der Waals surface area contributed by atoms with E-state index in [1.807, 2.05) is 23.6 Å². The van der Waals surface area contributed by atoms with Crippen molar-refractivity contribution in [2.24, 2.45) is 0 Å². The van der Waals surface area contributed by atoms with Crippen molar-refractivity contribution >= 4 is 44.8 Å². The van der Waals surface area contributed by atoms with E-state index in [2.05, 4.69) is 28.2 Å². The first-order valence-corrected chi connectivity index (χ1v) is 8.46. The summed E-state index contributed by atoms with van der Waals surface area (Å²) in [4.78, 5) is 13.6. The van der Waals surface area contributed by atoms with E-state index in [4.69, 9.17) is 11.6 Å². The molecule has 1 heterocycles. The Labute approximate surface area is 136 Å². The lowest BCUT2D eigenvalue weighted by Gasteiger charge is -2.17. The molecule has 2 aromatic rings. The van der Waals surface area contributed by atoms with Crippen LogP contribution in [0.15, 0.2) is 40.2 Å². The maximum Gasteiger partial charge on any atom is 0.253 e. The van der Waals surface area contributed by atoms with Crippen molar-refractivity contribution in [2.45, 2.75) is 25.8 Å². The SMILES string of the molecule is CCCC(NC(=O)c1cc(Br)ccc1Cl)c1cccs1. The molecule has 0 saturated heterocycles. The fourth-order valence-electron chi connectivity index (χ4n) is 1.97. The number of halogens is 2. The minimum atomic E-state index is -0.136. The average molecular weight is 373 g/mol. The summed E-state index contributed by atoms with van der Waals surface area (Å²) in [6, 6.07) is 9.38. The molecule has 1 atom stereocenters. The summed E-state index contributed by atoms with van der Waals surface area (Å²) in [5, 5.41) is 5.56. The number of amides is 1. The first-order chi connectivity index (χ1) is 9.61. The standard InChI is InChI=1S/C15H15BrClNOS/c1-2-4-13(14-5-3-8-20-14)18-15(19)11-9-10(16)6-7-12(11)17/h3,5-9,13H,2,4H2,1H3,(H,18,19). The fraction of sp³-hybridized carbons (Fsp3) is 0.267. The molecule has 0 spiro atoms. The van der Waals surface area contributed by atoms with Crippen LogP contribution in [0, 0.1) is 0 Å². The second-order valence-electron chi connectivity index (χ2n) is 4.45.